The Morgan fingerprint density at radius 3 is 2.12 bits per heavy atom. The number of unbranched alkanes of at least 4 members (excludes halogenated alkanes) is 2. The lowest BCUT2D eigenvalue weighted by Gasteiger charge is -2.35. The average molecular weight is 592 g/mol. The number of amides is 4. The largest absolute Gasteiger partial charge is 0.417 e. The summed E-state index contributed by atoms with van der Waals surface area (Å²) in [7, 11) is 1.67. The Morgan fingerprint density at radius 2 is 1.54 bits per heavy atom. The molecule has 0 aliphatic carbocycles. The van der Waals surface area contributed by atoms with Crippen LogP contribution in [0.25, 0.3) is 10.9 Å². The molecule has 3 N–H and O–H groups in total. The molecule has 1 unspecified atom stereocenters. The van der Waals surface area contributed by atoms with Crippen LogP contribution in [-0.4, -0.2) is 78.3 Å². The van der Waals surface area contributed by atoms with Crippen molar-refractivity contribution in [3.8, 4) is 0 Å². The van der Waals surface area contributed by atoms with Crippen molar-refractivity contribution >= 4 is 47.2 Å². The van der Waals surface area contributed by atoms with Gasteiger partial charge in [0, 0.05) is 18.1 Å². The number of aryl methyl sites for hydroxylation is 1. The van der Waals surface area contributed by atoms with Gasteiger partial charge in [-0.25, -0.2) is 0 Å². The fraction of sp³-hybridized carbons (Fsp3) is 0.600. The van der Waals surface area contributed by atoms with Gasteiger partial charge in [-0.15, -0.1) is 0 Å². The smallest absolute Gasteiger partial charge is 0.243 e. The van der Waals surface area contributed by atoms with E-state index < -0.39 is 17.9 Å². The molecule has 4 amide bonds. The maximum Gasteiger partial charge on any atom is 0.243 e. The summed E-state index contributed by atoms with van der Waals surface area (Å²) in [6.45, 7) is 8.56. The van der Waals surface area contributed by atoms with Crippen molar-refractivity contribution in [1.29, 1.82) is 0 Å². The molecule has 2 aliphatic rings. The molecule has 0 radical (unpaired) electrons. The molecule has 10 nitrogen and oxygen atoms in total. The highest BCUT2D eigenvalue weighted by atomic mass is 32.1. The van der Waals surface area contributed by atoms with E-state index >= 15 is 0 Å². The van der Waals surface area contributed by atoms with Crippen LogP contribution in [0.4, 0.5) is 0 Å². The van der Waals surface area contributed by atoms with Crippen LogP contribution in [0.1, 0.15) is 71.3 Å². The SMILES string of the molecule is CCCC.CCCCS.COn1cc(C)c2ccccc21.O=C1CNC(=O)CNC(=O)C2CCCCN2C(=O)CN1. The third-order valence-corrected chi connectivity index (χ3v) is 6.83. The van der Waals surface area contributed by atoms with Crippen LogP contribution >= 0.6 is 12.6 Å². The van der Waals surface area contributed by atoms with Crippen LogP contribution in [0.3, 0.4) is 0 Å². The summed E-state index contributed by atoms with van der Waals surface area (Å²) in [6.07, 6.45) is 9.43. The number of carbonyl (C=O) groups is 4. The van der Waals surface area contributed by atoms with E-state index in [-0.39, 0.29) is 31.4 Å². The second kappa shape index (κ2) is 20.6. The lowest BCUT2D eigenvalue weighted by molar-refractivity contribution is -0.143. The molecule has 41 heavy (non-hydrogen) atoms. The maximum atomic E-state index is 12.1. The number of rotatable bonds is 4. The average Bonchev–Trinajstić information content (AvgIpc) is 3.33. The fourth-order valence-electron chi connectivity index (χ4n) is 3.99. The van der Waals surface area contributed by atoms with Crippen molar-refractivity contribution in [3.63, 3.8) is 0 Å². The van der Waals surface area contributed by atoms with Gasteiger partial charge in [-0.1, -0.05) is 58.2 Å². The third-order valence-electron chi connectivity index (χ3n) is 6.52. The zero-order valence-corrected chi connectivity index (χ0v) is 26.2. The van der Waals surface area contributed by atoms with Gasteiger partial charge >= 0.3 is 0 Å². The van der Waals surface area contributed by atoms with Crippen LogP contribution in [-0.2, 0) is 19.2 Å². The number of benzene rings is 1. The van der Waals surface area contributed by atoms with E-state index in [1.165, 1.54) is 41.5 Å². The minimum absolute atomic E-state index is 0.154. The molecule has 1 aromatic heterocycles. The number of thiol groups is 1. The Kier molecular flexibility index (Phi) is 18.0. The zero-order chi connectivity index (χ0) is 30.6. The summed E-state index contributed by atoms with van der Waals surface area (Å²) in [4.78, 5) is 53.6. The lowest BCUT2D eigenvalue weighted by atomic mass is 10.0. The summed E-state index contributed by atoms with van der Waals surface area (Å²) in [5.41, 5.74) is 2.37. The van der Waals surface area contributed by atoms with Gasteiger partial charge in [0.15, 0.2) is 0 Å². The van der Waals surface area contributed by atoms with Gasteiger partial charge in [0.05, 0.1) is 25.2 Å². The fourth-order valence-corrected chi connectivity index (χ4v) is 4.31. The van der Waals surface area contributed by atoms with Crippen molar-refractivity contribution in [2.45, 2.75) is 78.7 Å². The zero-order valence-electron chi connectivity index (χ0n) is 25.3. The molecule has 0 spiro atoms. The minimum Gasteiger partial charge on any atom is -0.417 e. The molecule has 2 fully saturated rings. The first-order valence-electron chi connectivity index (χ1n) is 14.6. The number of piperidine rings is 1. The Hall–Kier alpha value is -3.21. The van der Waals surface area contributed by atoms with Crippen molar-refractivity contribution in [1.82, 2.24) is 25.6 Å². The number of fused-ring (bicyclic) bond motifs is 2. The van der Waals surface area contributed by atoms with Crippen LogP contribution in [0, 0.1) is 6.92 Å². The molecule has 1 aromatic carbocycles. The van der Waals surface area contributed by atoms with Crippen molar-refractivity contribution in [2.24, 2.45) is 0 Å². The molecule has 230 valence electrons. The first-order valence-corrected chi connectivity index (χ1v) is 15.2. The second-order valence-electron chi connectivity index (χ2n) is 9.78. The molecule has 1 atom stereocenters. The molecule has 0 saturated carbocycles. The Balaban J connectivity index is 0.000000336. The molecule has 3 heterocycles. The van der Waals surface area contributed by atoms with E-state index in [1.807, 2.05) is 24.4 Å². The Labute approximate surface area is 250 Å². The van der Waals surface area contributed by atoms with Gasteiger partial charge in [-0.05, 0) is 50.0 Å². The number of nitrogens with zero attached hydrogens (tertiary/aromatic N) is 2. The van der Waals surface area contributed by atoms with Crippen molar-refractivity contribution in [3.05, 3.63) is 36.0 Å². The second-order valence-corrected chi connectivity index (χ2v) is 10.2. The van der Waals surface area contributed by atoms with Gasteiger partial charge in [0.2, 0.25) is 23.6 Å². The number of carbonyl (C=O) groups excluding carboxylic acids is 4. The molecular formula is C30H49N5O5S. The van der Waals surface area contributed by atoms with Crippen molar-refractivity contribution in [2.75, 3.05) is 39.0 Å². The summed E-state index contributed by atoms with van der Waals surface area (Å²) >= 11 is 4.00. The molecule has 4 rings (SSSR count). The maximum absolute atomic E-state index is 12.1. The molecule has 0 bridgehead atoms. The van der Waals surface area contributed by atoms with Crippen LogP contribution in [0.5, 0.6) is 0 Å². The molecule has 2 aromatic rings. The number of hydrogen-bond acceptors (Lipinski definition) is 6. The quantitative estimate of drug-likeness (QED) is 0.407. The van der Waals surface area contributed by atoms with Crippen LogP contribution in [0.15, 0.2) is 30.5 Å². The van der Waals surface area contributed by atoms with E-state index in [4.69, 9.17) is 4.84 Å². The first kappa shape index (κ1) is 35.8. The van der Waals surface area contributed by atoms with E-state index in [0.717, 1.165) is 24.1 Å². The molecule has 2 aliphatic heterocycles. The van der Waals surface area contributed by atoms with Gasteiger partial charge in [0.1, 0.15) is 13.2 Å². The Bertz CT molecular complexity index is 1050. The predicted molar refractivity (Wildman–Crippen MR) is 167 cm³/mol. The number of aromatic nitrogens is 1. The van der Waals surface area contributed by atoms with Crippen molar-refractivity contribution < 1.29 is 24.0 Å². The lowest BCUT2D eigenvalue weighted by Crippen LogP contribution is -2.56. The van der Waals surface area contributed by atoms with Gasteiger partial charge in [0.25, 0.3) is 0 Å². The number of nitrogens with one attached hydrogen (secondary N) is 3. The molecule has 11 heteroatoms. The van der Waals surface area contributed by atoms with Crippen LogP contribution < -0.4 is 20.8 Å². The third kappa shape index (κ3) is 12.9. The highest BCUT2D eigenvalue weighted by Crippen LogP contribution is 2.19. The van der Waals surface area contributed by atoms with Gasteiger partial charge in [-0.2, -0.15) is 17.4 Å². The normalized spacial score (nSPS) is 17.3. The summed E-state index contributed by atoms with van der Waals surface area (Å²) in [6, 6.07) is 7.64. The molecular weight excluding hydrogens is 542 g/mol. The monoisotopic (exact) mass is 591 g/mol. The summed E-state index contributed by atoms with van der Waals surface area (Å²) in [5.74, 6) is -0.406. The Morgan fingerprint density at radius 1 is 0.902 bits per heavy atom. The predicted octanol–water partition coefficient (Wildman–Crippen LogP) is 3.26. The molecule has 2 saturated heterocycles. The number of hydrogen-bond donors (Lipinski definition) is 4. The minimum atomic E-state index is -0.555. The van der Waals surface area contributed by atoms with E-state index in [2.05, 4.69) is 62.3 Å². The summed E-state index contributed by atoms with van der Waals surface area (Å²) < 4.78 is 1.78. The number of para-hydroxylation sites is 1. The highest BCUT2D eigenvalue weighted by Gasteiger charge is 2.32. The van der Waals surface area contributed by atoms with E-state index in [9.17, 15) is 19.2 Å². The van der Waals surface area contributed by atoms with Gasteiger partial charge in [-0.3, -0.25) is 19.2 Å². The van der Waals surface area contributed by atoms with Crippen LogP contribution in [0.2, 0.25) is 0 Å². The topological polar surface area (TPSA) is 122 Å². The summed E-state index contributed by atoms with van der Waals surface area (Å²) in [5, 5.41) is 8.57. The van der Waals surface area contributed by atoms with Gasteiger partial charge < -0.3 is 25.7 Å². The standard InChI is InChI=1S/C12H18N4O4.C10H11NO.C4H10S.C4H10/c17-9-5-13-10(18)6-15-12(20)8-3-1-2-4-16(8)11(19)7-14-9;1-8-7-11(12-2)10-6-4-3-5-9(8)10;1-2-3-4-5;1-3-4-2/h8H,1-7H2,(H,13,18)(H,14,17)(H,15,20);3-7H,1-2H3;5H,2-4H2,1H3;3-4H2,1-2H3. The van der Waals surface area contributed by atoms with E-state index in [0.29, 0.717) is 13.0 Å². The first-order chi connectivity index (χ1) is 19.7. The highest BCUT2D eigenvalue weighted by molar-refractivity contribution is 7.80. The van der Waals surface area contributed by atoms with E-state index in [1.54, 1.807) is 11.8 Å².